The number of nitrogens with zero attached hydrogens (tertiary/aromatic N) is 4. The topological polar surface area (TPSA) is 97.0 Å². The molecule has 4 rings (SSSR count). The highest BCUT2D eigenvalue weighted by atomic mass is 19.4. The van der Waals surface area contributed by atoms with Crippen molar-refractivity contribution in [2.75, 3.05) is 13.6 Å². The lowest BCUT2D eigenvalue weighted by Crippen LogP contribution is -2.44. The molecule has 0 aliphatic carbocycles. The molecule has 8 nitrogen and oxygen atoms in total. The van der Waals surface area contributed by atoms with Crippen LogP contribution in [0.2, 0.25) is 0 Å². The zero-order valence-corrected chi connectivity index (χ0v) is 18.2. The van der Waals surface area contributed by atoms with Crippen LogP contribution in [-0.2, 0) is 9.53 Å². The summed E-state index contributed by atoms with van der Waals surface area (Å²) in [5.41, 5.74) is 1.98. The third kappa shape index (κ3) is 5.30. The molecule has 176 valence electrons. The molecule has 2 aromatic heterocycles. The number of carbonyl (C=O) groups is 2. The van der Waals surface area contributed by atoms with Crippen molar-refractivity contribution in [3.63, 3.8) is 0 Å². The minimum absolute atomic E-state index is 0.120. The van der Waals surface area contributed by atoms with Gasteiger partial charge in [0.05, 0.1) is 11.1 Å². The number of carbonyl (C=O) groups excluding carboxylic acids is 1. The summed E-state index contributed by atoms with van der Waals surface area (Å²) in [6.07, 6.45) is -2.60. The Bertz CT molecular complexity index is 1150. The number of carboxylic acid groups (broad SMARTS) is 1. The number of benzene rings is 1. The standard InChI is InChI=1S/C20H22N4O2.C2HF3O2/c1-20(2)16(11-12-23(20)3)26-19(25)15-9-10-17-21-22-18(24(17)13-15)14-7-5-4-6-8-14;3-2(4,5)1(6)7/h4-10,13,16H,11-12H2,1-3H3;(H,6,7). The van der Waals surface area contributed by atoms with Crippen LogP contribution in [0.1, 0.15) is 30.6 Å². The first kappa shape index (κ1) is 24.2. The van der Waals surface area contributed by atoms with Crippen molar-refractivity contribution in [2.45, 2.75) is 38.1 Å². The Labute approximate surface area is 187 Å². The van der Waals surface area contributed by atoms with E-state index in [4.69, 9.17) is 14.6 Å². The van der Waals surface area contributed by atoms with E-state index in [1.165, 1.54) is 0 Å². The molecule has 11 heteroatoms. The predicted molar refractivity (Wildman–Crippen MR) is 113 cm³/mol. The van der Waals surface area contributed by atoms with E-state index in [1.807, 2.05) is 34.7 Å². The predicted octanol–water partition coefficient (Wildman–Crippen LogP) is 3.67. The van der Waals surface area contributed by atoms with Crippen LogP contribution in [0.5, 0.6) is 0 Å². The summed E-state index contributed by atoms with van der Waals surface area (Å²) in [7, 11) is 2.06. The number of hydrogen-bond donors (Lipinski definition) is 1. The third-order valence-electron chi connectivity index (χ3n) is 5.66. The molecule has 1 N–H and O–H groups in total. The highest BCUT2D eigenvalue weighted by Gasteiger charge is 2.41. The van der Waals surface area contributed by atoms with Crippen molar-refractivity contribution in [1.29, 1.82) is 0 Å². The molecule has 1 aliphatic rings. The van der Waals surface area contributed by atoms with Gasteiger partial charge in [0.1, 0.15) is 6.10 Å². The summed E-state index contributed by atoms with van der Waals surface area (Å²) in [4.78, 5) is 23.8. The molecule has 1 atom stereocenters. The van der Waals surface area contributed by atoms with Crippen LogP contribution in [-0.4, -0.2) is 68.0 Å². The van der Waals surface area contributed by atoms with Gasteiger partial charge in [-0.1, -0.05) is 30.3 Å². The number of likely N-dealkylation sites (N-methyl/N-ethyl adjacent to an activating group) is 1. The van der Waals surface area contributed by atoms with E-state index >= 15 is 0 Å². The lowest BCUT2D eigenvalue weighted by Gasteiger charge is -2.32. The Balaban J connectivity index is 0.000000383. The maximum atomic E-state index is 12.7. The third-order valence-corrected chi connectivity index (χ3v) is 5.66. The Morgan fingerprint density at radius 2 is 1.76 bits per heavy atom. The summed E-state index contributed by atoms with van der Waals surface area (Å²) in [6, 6.07) is 13.3. The number of halogens is 3. The fraction of sp³-hybridized carbons (Fsp3) is 0.364. The Morgan fingerprint density at radius 3 is 2.30 bits per heavy atom. The SMILES string of the molecule is CN1CCC(OC(=O)c2ccc3nnc(-c4ccccc4)n3c2)C1(C)C.O=C(O)C(F)(F)F. The number of carboxylic acids is 1. The number of pyridine rings is 1. The quantitative estimate of drug-likeness (QED) is 0.591. The Morgan fingerprint density at radius 1 is 1.12 bits per heavy atom. The van der Waals surface area contributed by atoms with Gasteiger partial charge in [0.15, 0.2) is 11.5 Å². The van der Waals surface area contributed by atoms with E-state index in [-0.39, 0.29) is 17.6 Å². The number of esters is 1. The molecular formula is C22H23F3N4O4. The summed E-state index contributed by atoms with van der Waals surface area (Å²) in [6.45, 7) is 5.14. The van der Waals surface area contributed by atoms with Gasteiger partial charge in [0.2, 0.25) is 0 Å². The molecule has 0 amide bonds. The molecule has 3 aromatic rings. The second kappa shape index (κ2) is 9.18. The van der Waals surface area contributed by atoms with Crippen LogP contribution in [0.4, 0.5) is 13.2 Å². The second-order valence-electron chi connectivity index (χ2n) is 8.10. The van der Waals surface area contributed by atoms with E-state index in [9.17, 15) is 18.0 Å². The molecule has 0 saturated carbocycles. The van der Waals surface area contributed by atoms with Gasteiger partial charge in [0, 0.05) is 18.3 Å². The molecule has 1 saturated heterocycles. The maximum absolute atomic E-state index is 12.7. The van der Waals surface area contributed by atoms with Crippen molar-refractivity contribution < 1.29 is 32.6 Å². The number of aromatic nitrogens is 3. The number of ether oxygens (including phenoxy) is 1. The molecule has 1 aliphatic heterocycles. The first-order valence-electron chi connectivity index (χ1n) is 10.0. The summed E-state index contributed by atoms with van der Waals surface area (Å²) >= 11 is 0. The van der Waals surface area contributed by atoms with Gasteiger partial charge in [-0.05, 0) is 39.4 Å². The summed E-state index contributed by atoms with van der Waals surface area (Å²) < 4.78 is 39.4. The maximum Gasteiger partial charge on any atom is 0.490 e. The van der Waals surface area contributed by atoms with E-state index in [1.54, 1.807) is 18.3 Å². The fourth-order valence-electron chi connectivity index (χ4n) is 3.39. The van der Waals surface area contributed by atoms with Crippen LogP contribution in [0, 0.1) is 0 Å². The fourth-order valence-corrected chi connectivity index (χ4v) is 3.39. The number of alkyl halides is 3. The van der Waals surface area contributed by atoms with Gasteiger partial charge in [-0.15, -0.1) is 10.2 Å². The Kier molecular flexibility index (Phi) is 6.73. The minimum Gasteiger partial charge on any atom is -0.475 e. The summed E-state index contributed by atoms with van der Waals surface area (Å²) in [5.74, 6) is -2.36. The molecule has 3 heterocycles. The zero-order valence-electron chi connectivity index (χ0n) is 18.2. The van der Waals surface area contributed by atoms with E-state index < -0.39 is 12.1 Å². The van der Waals surface area contributed by atoms with Gasteiger partial charge in [0.25, 0.3) is 0 Å². The van der Waals surface area contributed by atoms with Crippen molar-refractivity contribution in [2.24, 2.45) is 0 Å². The van der Waals surface area contributed by atoms with Gasteiger partial charge in [-0.2, -0.15) is 13.2 Å². The number of rotatable bonds is 3. The molecule has 1 aromatic carbocycles. The van der Waals surface area contributed by atoms with Crippen LogP contribution < -0.4 is 0 Å². The van der Waals surface area contributed by atoms with E-state index in [2.05, 4.69) is 36.0 Å². The van der Waals surface area contributed by atoms with E-state index in [0.717, 1.165) is 18.5 Å². The number of aliphatic carboxylic acids is 1. The van der Waals surface area contributed by atoms with Gasteiger partial charge >= 0.3 is 18.1 Å². The molecular weight excluding hydrogens is 441 g/mol. The highest BCUT2D eigenvalue weighted by molar-refractivity contribution is 5.89. The molecule has 0 radical (unpaired) electrons. The van der Waals surface area contributed by atoms with Crippen molar-refractivity contribution in [3.05, 3.63) is 54.2 Å². The monoisotopic (exact) mass is 464 g/mol. The van der Waals surface area contributed by atoms with Crippen LogP contribution >= 0.6 is 0 Å². The van der Waals surface area contributed by atoms with E-state index in [0.29, 0.717) is 17.0 Å². The minimum atomic E-state index is -5.08. The smallest absolute Gasteiger partial charge is 0.475 e. The van der Waals surface area contributed by atoms with Gasteiger partial charge in [-0.25, -0.2) is 9.59 Å². The lowest BCUT2D eigenvalue weighted by atomic mass is 9.99. The molecule has 1 unspecified atom stereocenters. The number of fused-ring (bicyclic) bond motifs is 1. The van der Waals surface area contributed by atoms with Gasteiger partial charge in [-0.3, -0.25) is 9.30 Å². The zero-order chi connectivity index (χ0) is 24.4. The average molecular weight is 464 g/mol. The number of likely N-dealkylation sites (tertiary alicyclic amines) is 1. The molecule has 0 spiro atoms. The molecule has 1 fully saturated rings. The van der Waals surface area contributed by atoms with Crippen LogP contribution in [0.3, 0.4) is 0 Å². The summed E-state index contributed by atoms with van der Waals surface area (Å²) in [5, 5.41) is 15.6. The largest absolute Gasteiger partial charge is 0.490 e. The van der Waals surface area contributed by atoms with Crippen molar-refractivity contribution in [1.82, 2.24) is 19.5 Å². The molecule has 33 heavy (non-hydrogen) atoms. The molecule has 0 bridgehead atoms. The normalized spacial score (nSPS) is 17.9. The van der Waals surface area contributed by atoms with Crippen LogP contribution in [0.25, 0.3) is 17.0 Å². The first-order chi connectivity index (χ1) is 15.4. The van der Waals surface area contributed by atoms with Crippen LogP contribution in [0.15, 0.2) is 48.7 Å². The van der Waals surface area contributed by atoms with Gasteiger partial charge < -0.3 is 9.84 Å². The Hall–Kier alpha value is -3.47. The average Bonchev–Trinajstić information content (AvgIpc) is 3.29. The second-order valence-corrected chi connectivity index (χ2v) is 8.10. The first-order valence-corrected chi connectivity index (χ1v) is 10.0. The highest BCUT2D eigenvalue weighted by Crippen LogP contribution is 2.30. The van der Waals surface area contributed by atoms with Crippen molar-refractivity contribution in [3.8, 4) is 11.4 Å². The lowest BCUT2D eigenvalue weighted by molar-refractivity contribution is -0.192. The van der Waals surface area contributed by atoms with Crippen molar-refractivity contribution >= 4 is 17.6 Å². The number of hydrogen-bond acceptors (Lipinski definition) is 6.